The first-order valence-electron chi connectivity index (χ1n) is 8.39. The van der Waals surface area contributed by atoms with Gasteiger partial charge < -0.3 is 9.84 Å². The molecule has 0 aliphatic carbocycles. The zero-order valence-electron chi connectivity index (χ0n) is 14.4. The first kappa shape index (κ1) is 19.3. The van der Waals surface area contributed by atoms with Gasteiger partial charge in [-0.05, 0) is 18.9 Å². The molecule has 2 heterocycles. The Morgan fingerprint density at radius 2 is 1.88 bits per heavy atom. The van der Waals surface area contributed by atoms with E-state index in [2.05, 4.69) is 6.92 Å². The summed E-state index contributed by atoms with van der Waals surface area (Å²) < 4.78 is 5.92. The topological polar surface area (TPSA) is 66.8 Å². The number of likely N-dealkylation sites (N-methyl/N-ethyl adjacent to an activating group) is 1. The number of carbonyl (C=O) groups excluding carboxylic acids is 2. The predicted molar refractivity (Wildman–Crippen MR) is 100 cm³/mol. The fourth-order valence-corrected chi connectivity index (χ4v) is 4.15. The number of rotatable bonds is 5. The van der Waals surface area contributed by atoms with E-state index in [1.54, 1.807) is 0 Å². The lowest BCUT2D eigenvalue weighted by atomic mass is 9.98. The molecule has 0 fully saturated rings. The van der Waals surface area contributed by atoms with E-state index in [1.165, 1.54) is 13.1 Å². The van der Waals surface area contributed by atoms with Crippen molar-refractivity contribution in [3.8, 4) is 11.5 Å². The molecule has 1 amide bonds. The number of carbonyl (C=O) groups is 2. The predicted octanol–water partition coefficient (Wildman–Crippen LogP) is 4.60. The zero-order chi connectivity index (χ0) is 19.2. The average molecular weight is 419 g/mol. The second-order valence-electron chi connectivity index (χ2n) is 6.44. The van der Waals surface area contributed by atoms with Crippen LogP contribution in [-0.2, 0) is 11.2 Å². The Labute approximate surface area is 166 Å². The number of unbranched alkanes of at least 4 members (excludes halogenated alkanes) is 3. The summed E-state index contributed by atoms with van der Waals surface area (Å²) >= 11 is 18.3. The van der Waals surface area contributed by atoms with Crippen LogP contribution in [0.15, 0.2) is 16.1 Å². The van der Waals surface area contributed by atoms with Gasteiger partial charge in [-0.15, -0.1) is 0 Å². The van der Waals surface area contributed by atoms with Gasteiger partial charge in [-0.2, -0.15) is 0 Å². The summed E-state index contributed by atoms with van der Waals surface area (Å²) in [6, 6.07) is 1.34. The smallest absolute Gasteiger partial charge is 0.287 e. The highest BCUT2D eigenvalue weighted by atomic mass is 35.5. The van der Waals surface area contributed by atoms with Crippen LogP contribution in [-0.4, -0.2) is 34.5 Å². The minimum atomic E-state index is -1.83. The molecule has 26 heavy (non-hydrogen) atoms. The highest BCUT2D eigenvalue weighted by molar-refractivity contribution is 6.51. The molecule has 8 heteroatoms. The Balaban J connectivity index is 2.06. The van der Waals surface area contributed by atoms with Crippen molar-refractivity contribution in [3.05, 3.63) is 32.3 Å². The third kappa shape index (κ3) is 2.60. The maximum Gasteiger partial charge on any atom is 0.287 e. The molecule has 0 unspecified atom stereocenters. The van der Waals surface area contributed by atoms with Crippen molar-refractivity contribution in [2.75, 3.05) is 7.05 Å². The van der Waals surface area contributed by atoms with Gasteiger partial charge in [0.25, 0.3) is 11.6 Å². The molecule has 0 radical (unpaired) electrons. The summed E-state index contributed by atoms with van der Waals surface area (Å²) in [5, 5.41) is 10.0. The van der Waals surface area contributed by atoms with Crippen molar-refractivity contribution in [1.82, 2.24) is 4.90 Å². The number of halogens is 3. The summed E-state index contributed by atoms with van der Waals surface area (Å²) in [6.07, 6.45) is 4.40. The van der Waals surface area contributed by atoms with Gasteiger partial charge in [-0.25, -0.2) is 0 Å². The van der Waals surface area contributed by atoms with Gasteiger partial charge >= 0.3 is 0 Å². The van der Waals surface area contributed by atoms with E-state index in [0.29, 0.717) is 12.0 Å². The monoisotopic (exact) mass is 417 g/mol. The van der Waals surface area contributed by atoms with Crippen molar-refractivity contribution in [2.24, 2.45) is 0 Å². The Morgan fingerprint density at radius 1 is 1.19 bits per heavy atom. The third-order valence-electron chi connectivity index (χ3n) is 4.84. The maximum atomic E-state index is 13.1. The molecule has 2 aliphatic rings. The molecular weight excluding hydrogens is 401 g/mol. The number of benzene rings is 1. The van der Waals surface area contributed by atoms with E-state index in [4.69, 9.17) is 39.5 Å². The summed E-state index contributed by atoms with van der Waals surface area (Å²) in [5.41, 5.74) is -1.20. The van der Waals surface area contributed by atoms with E-state index in [1.807, 2.05) is 0 Å². The van der Waals surface area contributed by atoms with Crippen LogP contribution >= 0.6 is 34.8 Å². The molecule has 0 bridgehead atoms. The molecule has 1 aromatic carbocycles. The number of hydrogen-bond donors (Lipinski definition) is 1. The van der Waals surface area contributed by atoms with E-state index < -0.39 is 17.4 Å². The Hall–Kier alpha value is -1.43. The van der Waals surface area contributed by atoms with Gasteiger partial charge in [0.15, 0.2) is 0 Å². The summed E-state index contributed by atoms with van der Waals surface area (Å²) in [6.45, 7) is 2.10. The van der Waals surface area contributed by atoms with Crippen LogP contribution in [0, 0.1) is 0 Å². The van der Waals surface area contributed by atoms with Crippen LogP contribution in [0.5, 0.6) is 11.5 Å². The molecule has 5 nitrogen and oxygen atoms in total. The van der Waals surface area contributed by atoms with Crippen LogP contribution in [0.25, 0.3) is 0 Å². The zero-order valence-corrected chi connectivity index (χ0v) is 16.6. The molecule has 1 atom stereocenters. The molecule has 0 saturated carbocycles. The molecule has 0 saturated heterocycles. The highest BCUT2D eigenvalue weighted by Crippen LogP contribution is 2.52. The molecule has 1 N–H and O–H groups in total. The third-order valence-corrected chi connectivity index (χ3v) is 6.02. The lowest BCUT2D eigenvalue weighted by molar-refractivity contribution is -0.131. The quantitative estimate of drug-likeness (QED) is 0.710. The summed E-state index contributed by atoms with van der Waals surface area (Å²) in [4.78, 5) is 26.3. The van der Waals surface area contributed by atoms with Crippen molar-refractivity contribution in [1.29, 1.82) is 0 Å². The molecule has 3 rings (SSSR count). The fraction of sp³-hybridized carbons (Fsp3) is 0.444. The maximum absolute atomic E-state index is 13.1. The molecule has 0 aromatic heterocycles. The lowest BCUT2D eigenvalue weighted by Gasteiger charge is -2.30. The fourth-order valence-electron chi connectivity index (χ4n) is 3.34. The Bertz CT molecular complexity index is 836. The summed E-state index contributed by atoms with van der Waals surface area (Å²) in [7, 11) is 1.40. The Morgan fingerprint density at radius 3 is 2.46 bits per heavy atom. The number of ketones is 1. The van der Waals surface area contributed by atoms with Crippen molar-refractivity contribution < 1.29 is 19.4 Å². The van der Waals surface area contributed by atoms with Crippen molar-refractivity contribution in [3.63, 3.8) is 0 Å². The van der Waals surface area contributed by atoms with Gasteiger partial charge in [-0.3, -0.25) is 14.5 Å². The average Bonchev–Trinajstić information content (AvgIpc) is 2.99. The lowest BCUT2D eigenvalue weighted by Crippen LogP contribution is -2.53. The highest BCUT2D eigenvalue weighted by Gasteiger charge is 2.61. The van der Waals surface area contributed by atoms with Gasteiger partial charge in [0.05, 0.1) is 10.6 Å². The number of Topliss-reactive ketones (excluding diaryl/α,β-unsaturated/α-hetero) is 1. The second kappa shape index (κ2) is 6.95. The molecule has 140 valence electrons. The number of amides is 1. The number of ether oxygens (including phenoxy) is 1. The van der Waals surface area contributed by atoms with Gasteiger partial charge in [0.1, 0.15) is 21.6 Å². The normalized spacial score (nSPS) is 21.8. The number of hydrogen-bond acceptors (Lipinski definition) is 4. The van der Waals surface area contributed by atoms with E-state index in [-0.39, 0.29) is 32.1 Å². The van der Waals surface area contributed by atoms with Crippen LogP contribution in [0.2, 0.25) is 5.02 Å². The SMILES string of the molecule is CCCCCCc1c(O)c(Cl)cc2c1O[C@@]1(C2=O)C(Cl)=C(Cl)C(=O)N1C. The van der Waals surface area contributed by atoms with E-state index in [9.17, 15) is 14.7 Å². The molecular formula is C18H18Cl3NO4. The van der Waals surface area contributed by atoms with Crippen molar-refractivity contribution >= 4 is 46.5 Å². The van der Waals surface area contributed by atoms with Gasteiger partial charge in [0.2, 0.25) is 5.78 Å². The van der Waals surface area contributed by atoms with Crippen LogP contribution in [0.1, 0.15) is 48.5 Å². The first-order valence-corrected chi connectivity index (χ1v) is 9.52. The van der Waals surface area contributed by atoms with E-state index in [0.717, 1.165) is 30.6 Å². The minimum absolute atomic E-state index is 0.0569. The molecule has 1 spiro atoms. The Kier molecular flexibility index (Phi) is 5.17. The molecule has 1 aromatic rings. The second-order valence-corrected chi connectivity index (χ2v) is 7.60. The van der Waals surface area contributed by atoms with Crippen LogP contribution < -0.4 is 4.74 Å². The van der Waals surface area contributed by atoms with Crippen LogP contribution in [0.3, 0.4) is 0 Å². The molecule has 2 aliphatic heterocycles. The van der Waals surface area contributed by atoms with Gasteiger partial charge in [0, 0.05) is 12.6 Å². The van der Waals surface area contributed by atoms with Crippen molar-refractivity contribution in [2.45, 2.75) is 44.8 Å². The van der Waals surface area contributed by atoms with E-state index >= 15 is 0 Å². The number of phenolic OH excluding ortho intramolecular Hbond substituents is 1. The number of aromatic hydroxyl groups is 1. The summed E-state index contributed by atoms with van der Waals surface area (Å²) in [5.74, 6) is -1.04. The first-order chi connectivity index (χ1) is 12.3. The standard InChI is InChI=1S/C18H18Cl3NO4/c1-3-4-5-6-7-9-13(23)11(19)8-10-14(9)26-18(16(10)24)15(21)12(20)17(25)22(18)2/h8,23H,3-7H2,1-2H3/t18-/m1/s1. The minimum Gasteiger partial charge on any atom is -0.506 e. The van der Waals surface area contributed by atoms with Crippen LogP contribution in [0.4, 0.5) is 0 Å². The van der Waals surface area contributed by atoms with Gasteiger partial charge in [-0.1, -0.05) is 61.0 Å². The number of nitrogens with zero attached hydrogens (tertiary/aromatic N) is 1. The number of phenols is 1. The number of fused-ring (bicyclic) bond motifs is 1. The largest absolute Gasteiger partial charge is 0.506 e.